The van der Waals surface area contributed by atoms with Gasteiger partial charge in [0.1, 0.15) is 0 Å². The quantitative estimate of drug-likeness (QED) is 0.713. The van der Waals surface area contributed by atoms with Gasteiger partial charge in [-0.3, -0.25) is 14.7 Å². The zero-order valence-corrected chi connectivity index (χ0v) is 19.0. The Labute approximate surface area is 189 Å². The number of fused-ring (bicyclic) bond motifs is 2. The molecule has 2 aliphatic rings. The molecule has 5 nitrogen and oxygen atoms in total. The van der Waals surface area contributed by atoms with Crippen LogP contribution in [-0.2, 0) is 13.0 Å². The minimum absolute atomic E-state index is 0.156. The van der Waals surface area contributed by atoms with E-state index < -0.39 is 6.10 Å². The van der Waals surface area contributed by atoms with Gasteiger partial charge in [-0.2, -0.15) is 0 Å². The Hall–Kier alpha value is -2.34. The van der Waals surface area contributed by atoms with Crippen LogP contribution in [0.1, 0.15) is 30.5 Å². The number of halogens is 1. The Morgan fingerprint density at radius 2 is 1.81 bits per heavy atom. The van der Waals surface area contributed by atoms with E-state index >= 15 is 0 Å². The number of hydrogen-bond acceptors (Lipinski definition) is 3. The third-order valence-electron chi connectivity index (χ3n) is 5.97. The Balaban J connectivity index is 1.49. The summed E-state index contributed by atoms with van der Waals surface area (Å²) >= 11 is 6.21. The van der Waals surface area contributed by atoms with Crippen molar-refractivity contribution in [1.82, 2.24) is 9.80 Å². The van der Waals surface area contributed by atoms with Crippen LogP contribution >= 0.6 is 11.6 Å². The molecular weight excluding hydrogens is 410 g/mol. The molecule has 4 rings (SSSR count). The van der Waals surface area contributed by atoms with Gasteiger partial charge in [0.2, 0.25) is 0 Å². The standard InChI is InChI=1S/C25H30ClN3O2/c1-17(2)13-29-24-12-21(26)8-9-23(24)18(3)28(25(29)31)16-22(30)15-27-11-10-19-6-4-5-7-20(19)14-27/h4-9,12,17,22,30H,3,10-11,13-16H2,1-2H3/t22-/m1/s1. The summed E-state index contributed by atoms with van der Waals surface area (Å²) in [5, 5.41) is 11.5. The highest BCUT2D eigenvalue weighted by atomic mass is 35.5. The fraction of sp³-hybridized carbons (Fsp3) is 0.400. The van der Waals surface area contributed by atoms with Crippen molar-refractivity contribution >= 4 is 29.0 Å². The lowest BCUT2D eigenvalue weighted by atomic mass is 9.99. The van der Waals surface area contributed by atoms with E-state index in [-0.39, 0.29) is 12.6 Å². The van der Waals surface area contributed by atoms with E-state index in [1.807, 2.05) is 18.2 Å². The van der Waals surface area contributed by atoms with Crippen molar-refractivity contribution in [2.75, 3.05) is 31.1 Å². The molecule has 6 heteroatoms. The van der Waals surface area contributed by atoms with Gasteiger partial charge in [0.15, 0.2) is 0 Å². The van der Waals surface area contributed by atoms with Crippen LogP contribution in [0.2, 0.25) is 5.02 Å². The van der Waals surface area contributed by atoms with Crippen molar-refractivity contribution in [1.29, 1.82) is 0 Å². The van der Waals surface area contributed by atoms with Crippen molar-refractivity contribution in [3.05, 3.63) is 70.8 Å². The molecule has 164 valence electrons. The summed E-state index contributed by atoms with van der Waals surface area (Å²) in [6.07, 6.45) is 0.315. The summed E-state index contributed by atoms with van der Waals surface area (Å²) in [6.45, 7) is 11.4. The first-order valence-corrected chi connectivity index (χ1v) is 11.3. The molecule has 0 aromatic heterocycles. The molecule has 0 aliphatic carbocycles. The van der Waals surface area contributed by atoms with Gasteiger partial charge < -0.3 is 5.11 Å². The molecular formula is C25H30ClN3O2. The zero-order chi connectivity index (χ0) is 22.1. The minimum Gasteiger partial charge on any atom is -0.390 e. The lowest BCUT2D eigenvalue weighted by Gasteiger charge is -2.40. The molecule has 2 aliphatic heterocycles. The predicted molar refractivity (Wildman–Crippen MR) is 126 cm³/mol. The lowest BCUT2D eigenvalue weighted by molar-refractivity contribution is 0.0892. The molecule has 0 saturated heterocycles. The summed E-state index contributed by atoms with van der Waals surface area (Å²) in [7, 11) is 0. The highest BCUT2D eigenvalue weighted by molar-refractivity contribution is 6.31. The van der Waals surface area contributed by atoms with Crippen LogP contribution in [0.5, 0.6) is 0 Å². The summed E-state index contributed by atoms with van der Waals surface area (Å²) in [5.41, 5.74) is 4.97. The van der Waals surface area contributed by atoms with Crippen LogP contribution in [0, 0.1) is 5.92 Å². The van der Waals surface area contributed by atoms with Gasteiger partial charge >= 0.3 is 6.03 Å². The lowest BCUT2D eigenvalue weighted by Crippen LogP contribution is -2.51. The maximum atomic E-state index is 13.4. The van der Waals surface area contributed by atoms with Crippen LogP contribution in [0.4, 0.5) is 10.5 Å². The Bertz CT molecular complexity index is 990. The van der Waals surface area contributed by atoms with Gasteiger partial charge in [-0.25, -0.2) is 4.79 Å². The smallest absolute Gasteiger partial charge is 0.329 e. The highest BCUT2D eigenvalue weighted by Gasteiger charge is 2.35. The molecule has 0 saturated carbocycles. The Morgan fingerprint density at radius 3 is 2.55 bits per heavy atom. The minimum atomic E-state index is -0.666. The number of anilines is 1. The highest BCUT2D eigenvalue weighted by Crippen LogP contribution is 2.37. The summed E-state index contributed by atoms with van der Waals surface area (Å²) < 4.78 is 0. The van der Waals surface area contributed by atoms with Crippen LogP contribution in [0.15, 0.2) is 49.0 Å². The second kappa shape index (κ2) is 9.03. The second-order valence-corrected chi connectivity index (χ2v) is 9.35. The first-order valence-electron chi connectivity index (χ1n) is 10.9. The zero-order valence-electron chi connectivity index (χ0n) is 18.2. The van der Waals surface area contributed by atoms with Gasteiger partial charge in [0, 0.05) is 42.5 Å². The average molecular weight is 440 g/mol. The topological polar surface area (TPSA) is 47.0 Å². The largest absolute Gasteiger partial charge is 0.390 e. The molecule has 2 heterocycles. The first-order chi connectivity index (χ1) is 14.8. The van der Waals surface area contributed by atoms with Crippen molar-refractivity contribution in [2.24, 2.45) is 5.92 Å². The van der Waals surface area contributed by atoms with E-state index in [4.69, 9.17) is 11.6 Å². The molecule has 2 aromatic carbocycles. The Kier molecular flexibility index (Phi) is 6.37. The molecule has 0 unspecified atom stereocenters. The van der Waals surface area contributed by atoms with Crippen LogP contribution in [-0.4, -0.2) is 53.2 Å². The monoisotopic (exact) mass is 439 g/mol. The SMILES string of the molecule is C=C1c2ccc(Cl)cc2N(CC(C)C)C(=O)N1C[C@H](O)CN1CCc2ccccc2C1. The number of rotatable bonds is 6. The Morgan fingerprint density at radius 1 is 1.06 bits per heavy atom. The van der Waals surface area contributed by atoms with Gasteiger partial charge in [0.05, 0.1) is 18.3 Å². The normalized spacial score (nSPS) is 17.7. The maximum absolute atomic E-state index is 13.4. The number of amides is 2. The predicted octanol–water partition coefficient (Wildman–Crippen LogP) is 4.63. The summed E-state index contributed by atoms with van der Waals surface area (Å²) in [6, 6.07) is 13.8. The van der Waals surface area contributed by atoms with E-state index in [2.05, 4.69) is 49.6 Å². The fourth-order valence-corrected chi connectivity index (χ4v) is 4.65. The molecule has 2 amide bonds. The molecule has 2 aromatic rings. The van der Waals surface area contributed by atoms with Crippen molar-refractivity contribution < 1.29 is 9.90 Å². The molecule has 1 atom stereocenters. The average Bonchev–Trinajstić information content (AvgIpc) is 2.74. The first kappa shape index (κ1) is 21.9. The van der Waals surface area contributed by atoms with Crippen molar-refractivity contribution in [2.45, 2.75) is 32.9 Å². The maximum Gasteiger partial charge on any atom is 0.329 e. The fourth-order valence-electron chi connectivity index (χ4n) is 4.49. The number of carbonyl (C=O) groups is 1. The summed E-state index contributed by atoms with van der Waals surface area (Å²) in [5.74, 6) is 0.294. The van der Waals surface area contributed by atoms with E-state index in [1.54, 1.807) is 9.80 Å². The van der Waals surface area contributed by atoms with E-state index in [0.717, 1.165) is 30.8 Å². The molecule has 0 fully saturated rings. The van der Waals surface area contributed by atoms with Crippen LogP contribution < -0.4 is 4.90 Å². The van der Waals surface area contributed by atoms with E-state index in [9.17, 15) is 9.90 Å². The molecule has 0 radical (unpaired) electrons. The number of aliphatic hydroxyl groups is 1. The van der Waals surface area contributed by atoms with Crippen molar-refractivity contribution in [3.63, 3.8) is 0 Å². The third-order valence-corrected chi connectivity index (χ3v) is 6.20. The summed E-state index contributed by atoms with van der Waals surface area (Å²) in [4.78, 5) is 19.0. The van der Waals surface area contributed by atoms with Gasteiger partial charge in [-0.1, -0.05) is 56.3 Å². The number of β-amino-alcohol motifs (C(OH)–C–C–N with tert-alkyl or cyclic N) is 1. The number of benzene rings is 2. The number of hydrogen-bond donors (Lipinski definition) is 1. The molecule has 31 heavy (non-hydrogen) atoms. The molecule has 0 spiro atoms. The van der Waals surface area contributed by atoms with Gasteiger partial charge in [0.25, 0.3) is 0 Å². The van der Waals surface area contributed by atoms with Gasteiger partial charge in [-0.15, -0.1) is 0 Å². The van der Waals surface area contributed by atoms with Gasteiger partial charge in [-0.05, 0) is 41.7 Å². The number of urea groups is 1. The third kappa shape index (κ3) is 4.64. The van der Waals surface area contributed by atoms with E-state index in [1.165, 1.54) is 11.1 Å². The molecule has 1 N–H and O–H groups in total. The van der Waals surface area contributed by atoms with Crippen LogP contribution in [0.3, 0.4) is 0 Å². The van der Waals surface area contributed by atoms with Crippen molar-refractivity contribution in [3.8, 4) is 0 Å². The second-order valence-electron chi connectivity index (χ2n) is 8.91. The number of nitrogens with zero attached hydrogens (tertiary/aromatic N) is 3. The number of aliphatic hydroxyl groups excluding tert-OH is 1. The van der Waals surface area contributed by atoms with Crippen LogP contribution in [0.25, 0.3) is 5.70 Å². The molecule has 0 bridgehead atoms. The number of carbonyl (C=O) groups excluding carboxylic acids is 1. The van der Waals surface area contributed by atoms with E-state index in [0.29, 0.717) is 29.7 Å².